The van der Waals surface area contributed by atoms with Gasteiger partial charge in [0.25, 0.3) is 5.91 Å². The molecule has 0 unspecified atom stereocenters. The van der Waals surface area contributed by atoms with Crippen LogP contribution < -0.4 is 10.6 Å². The van der Waals surface area contributed by atoms with Crippen LogP contribution in [0.1, 0.15) is 67.3 Å². The Bertz CT molecular complexity index is 850. The molecule has 3 rings (SSSR count). The van der Waals surface area contributed by atoms with Crippen molar-refractivity contribution in [1.29, 1.82) is 0 Å². The minimum atomic E-state index is -0.648. The van der Waals surface area contributed by atoms with E-state index in [2.05, 4.69) is 27.6 Å². The molecule has 1 aliphatic heterocycles. The number of nitrogens with one attached hydrogen (secondary N) is 2. The Balaban J connectivity index is 1.70. The summed E-state index contributed by atoms with van der Waals surface area (Å²) in [5.74, 6) is -0.849. The number of hydrogen-bond donors (Lipinski definition) is 2. The number of amides is 2. The zero-order valence-electron chi connectivity index (χ0n) is 19.5. The maximum atomic E-state index is 13.0. The molecule has 0 spiro atoms. The molecule has 2 heterocycles. The summed E-state index contributed by atoms with van der Waals surface area (Å²) < 4.78 is 10.6. The molecule has 1 fully saturated rings. The molecule has 2 N–H and O–H groups in total. The van der Waals surface area contributed by atoms with Gasteiger partial charge in [0, 0.05) is 30.4 Å². The lowest BCUT2D eigenvalue weighted by Crippen LogP contribution is -2.56. The van der Waals surface area contributed by atoms with Gasteiger partial charge >= 0.3 is 12.1 Å². The third kappa shape index (κ3) is 6.41. The number of hydrogen-bond acceptors (Lipinski definition) is 8. The molecule has 178 valence electrons. The molecule has 0 aromatic carbocycles. The summed E-state index contributed by atoms with van der Waals surface area (Å²) in [7, 11) is 2.05. The van der Waals surface area contributed by atoms with Crippen molar-refractivity contribution < 1.29 is 23.9 Å². The highest BCUT2D eigenvalue weighted by Crippen LogP contribution is 2.28. The third-order valence-corrected chi connectivity index (χ3v) is 6.69. The van der Waals surface area contributed by atoms with E-state index in [0.29, 0.717) is 30.9 Å². The van der Waals surface area contributed by atoms with Gasteiger partial charge in [-0.1, -0.05) is 0 Å². The first kappa shape index (κ1) is 24.4. The van der Waals surface area contributed by atoms with E-state index >= 15 is 0 Å². The van der Waals surface area contributed by atoms with Crippen molar-refractivity contribution in [2.24, 2.45) is 5.92 Å². The van der Waals surface area contributed by atoms with Crippen LogP contribution in [0, 0.1) is 5.92 Å². The van der Waals surface area contributed by atoms with Crippen molar-refractivity contribution in [1.82, 2.24) is 20.5 Å². The standard InChI is InChI=1S/C22H34N4O5S/c1-6-30-20(28)13-7-8-14(16(11-13)25-21(29)31-22(2,3)4)23-18(27)19-24-15-9-10-26(5)12-17(15)32-19/h13-14,16H,6-12H2,1-5H3,(H,23,27)(H,25,29)/t13-,14-,16+/m1/s1. The number of esters is 1. The first-order valence-corrected chi connectivity index (χ1v) is 12.0. The lowest BCUT2D eigenvalue weighted by molar-refractivity contribution is -0.149. The van der Waals surface area contributed by atoms with Gasteiger partial charge in [0.1, 0.15) is 5.60 Å². The quantitative estimate of drug-likeness (QED) is 0.642. The van der Waals surface area contributed by atoms with Crippen LogP contribution in [0.3, 0.4) is 0 Å². The minimum absolute atomic E-state index is 0.248. The van der Waals surface area contributed by atoms with E-state index < -0.39 is 17.7 Å². The summed E-state index contributed by atoms with van der Waals surface area (Å²) in [6.07, 6.45) is 1.77. The molecule has 1 aromatic heterocycles. The van der Waals surface area contributed by atoms with Crippen molar-refractivity contribution >= 4 is 29.3 Å². The van der Waals surface area contributed by atoms with Crippen LogP contribution in [0.4, 0.5) is 4.79 Å². The van der Waals surface area contributed by atoms with Crippen LogP contribution >= 0.6 is 11.3 Å². The molecule has 2 aliphatic rings. The van der Waals surface area contributed by atoms with Crippen LogP contribution in [-0.4, -0.2) is 65.7 Å². The zero-order chi connectivity index (χ0) is 23.5. The molecule has 3 atom stereocenters. The first-order valence-electron chi connectivity index (χ1n) is 11.2. The number of thiazole rings is 1. The molecule has 32 heavy (non-hydrogen) atoms. The summed E-state index contributed by atoms with van der Waals surface area (Å²) in [5.41, 5.74) is 0.346. The lowest BCUT2D eigenvalue weighted by Gasteiger charge is -2.36. The fourth-order valence-corrected chi connectivity index (χ4v) is 5.18. The Morgan fingerprint density at radius 3 is 2.62 bits per heavy atom. The van der Waals surface area contributed by atoms with E-state index in [4.69, 9.17) is 9.47 Å². The van der Waals surface area contributed by atoms with E-state index in [0.717, 1.165) is 30.1 Å². The van der Waals surface area contributed by atoms with E-state index in [-0.39, 0.29) is 23.8 Å². The number of nitrogens with zero attached hydrogens (tertiary/aromatic N) is 2. The molecule has 0 saturated heterocycles. The van der Waals surface area contributed by atoms with Gasteiger partial charge < -0.3 is 25.0 Å². The highest BCUT2D eigenvalue weighted by atomic mass is 32.1. The molecule has 1 aliphatic carbocycles. The van der Waals surface area contributed by atoms with E-state index in [1.165, 1.54) is 11.3 Å². The number of ether oxygens (including phenoxy) is 2. The monoisotopic (exact) mass is 466 g/mol. The summed E-state index contributed by atoms with van der Waals surface area (Å²) in [6.45, 7) is 9.17. The topological polar surface area (TPSA) is 110 Å². The highest BCUT2D eigenvalue weighted by Gasteiger charge is 2.37. The Labute approximate surface area is 193 Å². The van der Waals surface area contributed by atoms with Crippen LogP contribution in [0.5, 0.6) is 0 Å². The van der Waals surface area contributed by atoms with Crippen molar-refractivity contribution in [2.45, 2.75) is 77.6 Å². The number of rotatable bonds is 5. The SMILES string of the molecule is CCOC(=O)[C@@H]1CC[C@@H](NC(=O)c2nc3c(s2)CN(C)CC3)[C@@H](NC(=O)OC(C)(C)C)C1. The largest absolute Gasteiger partial charge is 0.466 e. The summed E-state index contributed by atoms with van der Waals surface area (Å²) >= 11 is 1.42. The average Bonchev–Trinajstić information content (AvgIpc) is 3.11. The summed E-state index contributed by atoms with van der Waals surface area (Å²) in [4.78, 5) is 45.6. The number of likely N-dealkylation sites (N-methyl/N-ethyl adjacent to an activating group) is 1. The van der Waals surface area contributed by atoms with Gasteiger partial charge in [-0.25, -0.2) is 9.78 Å². The molecule has 10 heteroatoms. The van der Waals surface area contributed by atoms with Gasteiger partial charge in [-0.05, 0) is 54.0 Å². The molecular weight excluding hydrogens is 432 g/mol. The molecular formula is C22H34N4O5S. The second-order valence-electron chi connectivity index (χ2n) is 9.47. The van der Waals surface area contributed by atoms with Crippen LogP contribution in [0.15, 0.2) is 0 Å². The fraction of sp³-hybridized carbons (Fsp3) is 0.727. The van der Waals surface area contributed by atoms with Gasteiger partial charge in [0.15, 0.2) is 5.01 Å². The summed E-state index contributed by atoms with van der Waals surface area (Å²) in [6, 6.07) is -0.776. The predicted octanol–water partition coefficient (Wildman–Crippen LogP) is 2.49. The van der Waals surface area contributed by atoms with Crippen molar-refractivity contribution in [3.8, 4) is 0 Å². The molecule has 2 amide bonds. The third-order valence-electron chi connectivity index (χ3n) is 5.61. The second kappa shape index (κ2) is 10.2. The van der Waals surface area contributed by atoms with Gasteiger partial charge in [-0.2, -0.15) is 0 Å². The normalized spacial score (nSPS) is 23.7. The second-order valence-corrected chi connectivity index (χ2v) is 10.6. The lowest BCUT2D eigenvalue weighted by atomic mass is 9.82. The number of fused-ring (bicyclic) bond motifs is 1. The fourth-order valence-electron chi connectivity index (χ4n) is 4.09. The molecule has 1 saturated carbocycles. The Morgan fingerprint density at radius 1 is 1.19 bits per heavy atom. The highest BCUT2D eigenvalue weighted by molar-refractivity contribution is 7.13. The molecule has 1 aromatic rings. The van der Waals surface area contributed by atoms with Crippen molar-refractivity contribution in [2.75, 3.05) is 20.2 Å². The maximum absolute atomic E-state index is 13.0. The zero-order valence-corrected chi connectivity index (χ0v) is 20.3. The maximum Gasteiger partial charge on any atom is 0.407 e. The minimum Gasteiger partial charge on any atom is -0.466 e. The van der Waals surface area contributed by atoms with Gasteiger partial charge in [0.2, 0.25) is 0 Å². The van der Waals surface area contributed by atoms with Crippen molar-refractivity contribution in [3.63, 3.8) is 0 Å². The smallest absolute Gasteiger partial charge is 0.407 e. The van der Waals surface area contributed by atoms with Crippen LogP contribution in [0.25, 0.3) is 0 Å². The van der Waals surface area contributed by atoms with E-state index in [9.17, 15) is 14.4 Å². The van der Waals surface area contributed by atoms with E-state index in [1.54, 1.807) is 27.7 Å². The van der Waals surface area contributed by atoms with Gasteiger partial charge in [-0.15, -0.1) is 11.3 Å². The number of aromatic nitrogens is 1. The Kier molecular flexibility index (Phi) is 7.76. The average molecular weight is 467 g/mol. The number of carbonyl (C=O) groups is 3. The van der Waals surface area contributed by atoms with E-state index in [1.807, 2.05) is 0 Å². The Morgan fingerprint density at radius 2 is 1.94 bits per heavy atom. The number of carbonyl (C=O) groups excluding carboxylic acids is 3. The first-order chi connectivity index (χ1) is 15.1. The van der Waals surface area contributed by atoms with Crippen LogP contribution in [0.2, 0.25) is 0 Å². The molecule has 9 nitrogen and oxygen atoms in total. The summed E-state index contributed by atoms with van der Waals surface area (Å²) in [5, 5.41) is 6.33. The Hall–Kier alpha value is -2.20. The van der Waals surface area contributed by atoms with Gasteiger partial charge in [-0.3, -0.25) is 9.59 Å². The number of alkyl carbamates (subject to hydrolysis) is 1. The molecule has 0 radical (unpaired) electrons. The van der Waals surface area contributed by atoms with Gasteiger partial charge in [0.05, 0.1) is 24.3 Å². The molecule has 0 bridgehead atoms. The predicted molar refractivity (Wildman–Crippen MR) is 121 cm³/mol. The van der Waals surface area contributed by atoms with Crippen molar-refractivity contribution in [3.05, 3.63) is 15.6 Å². The van der Waals surface area contributed by atoms with Crippen LogP contribution in [-0.2, 0) is 27.2 Å².